The lowest BCUT2D eigenvalue weighted by Gasteiger charge is -2.23. The van der Waals surface area contributed by atoms with Crippen LogP contribution >= 0.6 is 0 Å². The van der Waals surface area contributed by atoms with Crippen LogP contribution in [0.1, 0.15) is 58.3 Å². The van der Waals surface area contributed by atoms with E-state index in [4.69, 9.17) is 0 Å². The average Bonchev–Trinajstić information content (AvgIpc) is 2.19. The molecule has 1 aliphatic heterocycles. The van der Waals surface area contributed by atoms with E-state index in [0.29, 0.717) is 0 Å². The van der Waals surface area contributed by atoms with Crippen LogP contribution in [0, 0.1) is 0 Å². The Hall–Kier alpha value is 0.250. The number of nitrogens with one attached hydrogen (secondary N) is 1. The smallest absolute Gasteiger partial charge is 0.0770 e. The van der Waals surface area contributed by atoms with E-state index in [2.05, 4.69) is 6.92 Å². The van der Waals surface area contributed by atoms with Crippen LogP contribution in [-0.2, 0) is 0 Å². The summed E-state index contributed by atoms with van der Waals surface area (Å²) in [6, 6.07) is 0. The molecule has 0 aliphatic carbocycles. The van der Waals surface area contributed by atoms with Crippen molar-refractivity contribution < 1.29 is 17.3 Å². The molecule has 1 nitrogen and oxygen atoms in total. The van der Waals surface area contributed by atoms with Gasteiger partial charge in [-0.3, -0.25) is 0 Å². The van der Waals surface area contributed by atoms with E-state index in [-0.39, 0.29) is 12.4 Å². The highest BCUT2D eigenvalue weighted by Gasteiger charge is 2.11. The Bertz CT molecular complexity index is 111. The van der Waals surface area contributed by atoms with Gasteiger partial charge in [0, 0.05) is 0 Å². The van der Waals surface area contributed by atoms with Gasteiger partial charge in [0.25, 0.3) is 0 Å². The molecule has 0 aromatic heterocycles. The Morgan fingerprint density at radius 2 is 1.50 bits per heavy atom. The van der Waals surface area contributed by atoms with Crippen molar-refractivity contribution in [3.05, 3.63) is 0 Å². The molecule has 2 heteroatoms. The molecule has 0 saturated carbocycles. The van der Waals surface area contributed by atoms with Crippen LogP contribution in [0.3, 0.4) is 0 Å². The van der Waals surface area contributed by atoms with E-state index >= 15 is 0 Å². The molecule has 0 bridgehead atoms. The molecule has 1 rings (SSSR count). The van der Waals surface area contributed by atoms with Gasteiger partial charge in [-0.25, -0.2) is 0 Å². The highest BCUT2D eigenvalue weighted by Crippen LogP contribution is 2.01. The lowest BCUT2D eigenvalue weighted by atomic mass is 10.1. The van der Waals surface area contributed by atoms with Gasteiger partial charge in [0.1, 0.15) is 0 Å². The van der Waals surface area contributed by atoms with Crippen LogP contribution in [0.2, 0.25) is 0 Å². The van der Waals surface area contributed by atoms with Crippen LogP contribution in [0.5, 0.6) is 0 Å². The second kappa shape index (κ2) is 9.79. The maximum Gasteiger partial charge on any atom is 0.0770 e. The molecule has 1 aliphatic rings. The van der Waals surface area contributed by atoms with Gasteiger partial charge in [-0.1, -0.05) is 26.2 Å². The summed E-state index contributed by atoms with van der Waals surface area (Å²) in [6.45, 7) is 6.64. The van der Waals surface area contributed by atoms with Crippen molar-refractivity contribution in [2.24, 2.45) is 0 Å². The summed E-state index contributed by atoms with van der Waals surface area (Å²) in [5.41, 5.74) is 0. The second-order valence-corrected chi connectivity index (χ2v) is 4.47. The molecule has 1 N–H and O–H groups in total. The van der Waals surface area contributed by atoms with Gasteiger partial charge in [-0.15, -0.1) is 0 Å². The predicted octanol–water partition coefficient (Wildman–Crippen LogP) is -0.970. The van der Waals surface area contributed by atoms with Crippen molar-refractivity contribution in [3.63, 3.8) is 0 Å². The highest BCUT2D eigenvalue weighted by atomic mass is 35.5. The Morgan fingerprint density at radius 1 is 0.857 bits per heavy atom. The van der Waals surface area contributed by atoms with Gasteiger partial charge >= 0.3 is 0 Å². The summed E-state index contributed by atoms with van der Waals surface area (Å²) >= 11 is 0. The largest absolute Gasteiger partial charge is 1.00 e. The fourth-order valence-electron chi connectivity index (χ4n) is 2.28. The van der Waals surface area contributed by atoms with E-state index in [9.17, 15) is 0 Å². The maximum absolute atomic E-state index is 2.29. The van der Waals surface area contributed by atoms with Crippen LogP contribution in [0.25, 0.3) is 0 Å². The number of unbranched alkanes of at least 4 members (excludes halogenated alkanes) is 4. The summed E-state index contributed by atoms with van der Waals surface area (Å²) in [4.78, 5) is 1.88. The number of rotatable bonds is 6. The summed E-state index contributed by atoms with van der Waals surface area (Å²) in [6.07, 6.45) is 11.6. The first-order chi connectivity index (χ1) is 6.43. The Labute approximate surface area is 95.7 Å². The number of piperidine rings is 1. The quantitative estimate of drug-likeness (QED) is 0.549. The average molecular weight is 220 g/mol. The monoisotopic (exact) mass is 219 g/mol. The van der Waals surface area contributed by atoms with E-state index < -0.39 is 0 Å². The van der Waals surface area contributed by atoms with Crippen molar-refractivity contribution in [1.82, 2.24) is 0 Å². The maximum atomic E-state index is 2.29. The normalized spacial score (nSPS) is 17.8. The lowest BCUT2D eigenvalue weighted by Crippen LogP contribution is -3.12. The third kappa shape index (κ3) is 6.67. The van der Waals surface area contributed by atoms with E-state index in [1.165, 1.54) is 71.0 Å². The molecule has 0 unspecified atom stereocenters. The van der Waals surface area contributed by atoms with Crippen LogP contribution in [0.15, 0.2) is 0 Å². The molecule has 0 aromatic carbocycles. The zero-order valence-electron chi connectivity index (χ0n) is 9.66. The number of hydrogen-bond acceptors (Lipinski definition) is 0. The van der Waals surface area contributed by atoms with Gasteiger partial charge in [-0.2, -0.15) is 0 Å². The summed E-state index contributed by atoms with van der Waals surface area (Å²) in [5, 5.41) is 0. The molecular weight excluding hydrogens is 194 g/mol. The molecular formula is C12H26ClN. The molecule has 1 fully saturated rings. The standard InChI is InChI=1S/C12H25N.ClH/c1-2-3-4-5-7-10-13-11-8-6-9-12-13;/h2-12H2,1H3;1H. The van der Waals surface area contributed by atoms with Crippen molar-refractivity contribution >= 4 is 0 Å². The molecule has 86 valence electrons. The zero-order valence-corrected chi connectivity index (χ0v) is 10.4. The van der Waals surface area contributed by atoms with E-state index in [1.807, 2.05) is 4.90 Å². The number of hydrogen-bond donors (Lipinski definition) is 1. The fourth-order valence-corrected chi connectivity index (χ4v) is 2.28. The molecule has 0 aromatic rings. The van der Waals surface area contributed by atoms with Crippen molar-refractivity contribution in [3.8, 4) is 0 Å². The zero-order chi connectivity index (χ0) is 9.36. The van der Waals surface area contributed by atoms with Gasteiger partial charge in [-0.05, 0) is 32.1 Å². The van der Waals surface area contributed by atoms with E-state index in [1.54, 1.807) is 0 Å². The second-order valence-electron chi connectivity index (χ2n) is 4.47. The van der Waals surface area contributed by atoms with Crippen LogP contribution in [0.4, 0.5) is 0 Å². The minimum atomic E-state index is 0. The minimum absolute atomic E-state index is 0. The lowest BCUT2D eigenvalue weighted by molar-refractivity contribution is -0.905. The summed E-state index contributed by atoms with van der Waals surface area (Å²) in [5.74, 6) is 0. The highest BCUT2D eigenvalue weighted by molar-refractivity contribution is 4.47. The van der Waals surface area contributed by atoms with Crippen LogP contribution in [-0.4, -0.2) is 19.6 Å². The SMILES string of the molecule is CCCCCCC[NH+]1CCCCC1.[Cl-]. The van der Waals surface area contributed by atoms with Gasteiger partial charge in [0.2, 0.25) is 0 Å². The first-order valence-electron chi connectivity index (χ1n) is 6.27. The Morgan fingerprint density at radius 3 is 2.14 bits per heavy atom. The molecule has 1 saturated heterocycles. The van der Waals surface area contributed by atoms with Gasteiger partial charge < -0.3 is 17.3 Å². The molecule has 14 heavy (non-hydrogen) atoms. The Balaban J connectivity index is 0.00000169. The van der Waals surface area contributed by atoms with Crippen LogP contribution < -0.4 is 17.3 Å². The summed E-state index contributed by atoms with van der Waals surface area (Å²) in [7, 11) is 0. The topological polar surface area (TPSA) is 4.44 Å². The molecule has 0 spiro atoms. The van der Waals surface area contributed by atoms with Crippen molar-refractivity contribution in [2.75, 3.05) is 19.6 Å². The van der Waals surface area contributed by atoms with Gasteiger partial charge in [0.05, 0.1) is 19.6 Å². The molecule has 0 atom stereocenters. The molecule has 1 heterocycles. The van der Waals surface area contributed by atoms with Crippen molar-refractivity contribution in [2.45, 2.75) is 58.3 Å². The first kappa shape index (κ1) is 14.2. The molecule has 0 amide bonds. The predicted molar refractivity (Wildman–Crippen MR) is 58.2 cm³/mol. The van der Waals surface area contributed by atoms with Gasteiger partial charge in [0.15, 0.2) is 0 Å². The van der Waals surface area contributed by atoms with E-state index in [0.717, 1.165) is 0 Å². The number of likely N-dealkylation sites (tertiary alicyclic amines) is 1. The third-order valence-corrected chi connectivity index (χ3v) is 3.19. The minimum Gasteiger partial charge on any atom is -1.00 e. The summed E-state index contributed by atoms with van der Waals surface area (Å²) < 4.78 is 0. The Kier molecular flexibility index (Phi) is 9.97. The number of halogens is 1. The molecule has 0 radical (unpaired) electrons. The first-order valence-corrected chi connectivity index (χ1v) is 6.27. The van der Waals surface area contributed by atoms with Crippen molar-refractivity contribution in [1.29, 1.82) is 0 Å². The third-order valence-electron chi connectivity index (χ3n) is 3.19. The fraction of sp³-hybridized carbons (Fsp3) is 1.00. The number of quaternary nitrogens is 1.